The van der Waals surface area contributed by atoms with Crippen molar-refractivity contribution in [3.63, 3.8) is 0 Å². The van der Waals surface area contributed by atoms with Crippen LogP contribution in [0.3, 0.4) is 0 Å². The van der Waals surface area contributed by atoms with Gasteiger partial charge in [0.05, 0.1) is 0 Å². The standard InChI is InChI=1S/C11H22N2O3S/c1-8-7-12-6-5-9(8)13-10(14)11(2,3)17(4,15)16/h8-9,12H,5-7H2,1-4H3,(H,13,14). The SMILES string of the molecule is CC1CNCCC1NC(=O)C(C)(C)S(C)(=O)=O. The van der Waals surface area contributed by atoms with Crippen molar-refractivity contribution in [3.05, 3.63) is 0 Å². The Balaban J connectivity index is 2.72. The molecule has 0 aromatic rings. The average Bonchev–Trinajstić information content (AvgIpc) is 2.19. The van der Waals surface area contributed by atoms with E-state index in [1.54, 1.807) is 0 Å². The van der Waals surface area contributed by atoms with Gasteiger partial charge in [-0.3, -0.25) is 4.79 Å². The van der Waals surface area contributed by atoms with Crippen molar-refractivity contribution in [1.82, 2.24) is 10.6 Å². The molecule has 6 heteroatoms. The molecule has 100 valence electrons. The highest BCUT2D eigenvalue weighted by atomic mass is 32.2. The van der Waals surface area contributed by atoms with Gasteiger partial charge in [-0.1, -0.05) is 6.92 Å². The highest BCUT2D eigenvalue weighted by molar-refractivity contribution is 7.92. The van der Waals surface area contributed by atoms with Crippen molar-refractivity contribution < 1.29 is 13.2 Å². The van der Waals surface area contributed by atoms with Crippen LogP contribution in [0, 0.1) is 5.92 Å². The second kappa shape index (κ2) is 4.94. The second-order valence-electron chi connectivity index (χ2n) is 5.33. The number of amides is 1. The van der Waals surface area contributed by atoms with Gasteiger partial charge in [-0.15, -0.1) is 0 Å². The van der Waals surface area contributed by atoms with Crippen LogP contribution in [0.25, 0.3) is 0 Å². The van der Waals surface area contributed by atoms with Gasteiger partial charge in [0.1, 0.15) is 4.75 Å². The summed E-state index contributed by atoms with van der Waals surface area (Å²) in [6, 6.07) is 0.0600. The van der Waals surface area contributed by atoms with Crippen molar-refractivity contribution in [1.29, 1.82) is 0 Å². The summed E-state index contributed by atoms with van der Waals surface area (Å²) in [7, 11) is -3.40. The molecule has 2 atom stereocenters. The Kier molecular flexibility index (Phi) is 4.19. The van der Waals surface area contributed by atoms with E-state index >= 15 is 0 Å². The van der Waals surface area contributed by atoms with E-state index in [1.165, 1.54) is 13.8 Å². The zero-order valence-electron chi connectivity index (χ0n) is 10.9. The Hall–Kier alpha value is -0.620. The third-order valence-corrected chi connectivity index (χ3v) is 5.61. The molecule has 0 aromatic carbocycles. The van der Waals surface area contributed by atoms with E-state index in [0.717, 1.165) is 25.8 Å². The monoisotopic (exact) mass is 262 g/mol. The van der Waals surface area contributed by atoms with Gasteiger partial charge in [0.15, 0.2) is 9.84 Å². The van der Waals surface area contributed by atoms with Gasteiger partial charge in [0.2, 0.25) is 5.91 Å². The molecule has 1 aliphatic rings. The summed E-state index contributed by atoms with van der Waals surface area (Å²) in [6.07, 6.45) is 1.94. The number of rotatable bonds is 3. The van der Waals surface area contributed by atoms with E-state index in [9.17, 15) is 13.2 Å². The normalized spacial score (nSPS) is 26.6. The number of carbonyl (C=O) groups is 1. The smallest absolute Gasteiger partial charge is 0.241 e. The molecule has 0 spiro atoms. The van der Waals surface area contributed by atoms with Crippen LogP contribution in [0.15, 0.2) is 0 Å². The van der Waals surface area contributed by atoms with Crippen LogP contribution in [-0.2, 0) is 14.6 Å². The highest BCUT2D eigenvalue weighted by Gasteiger charge is 2.39. The molecule has 0 radical (unpaired) electrons. The maximum atomic E-state index is 12.0. The Morgan fingerprint density at radius 1 is 1.41 bits per heavy atom. The third-order valence-electron chi connectivity index (χ3n) is 3.58. The molecular formula is C11H22N2O3S. The molecule has 2 N–H and O–H groups in total. The van der Waals surface area contributed by atoms with E-state index in [0.29, 0.717) is 5.92 Å². The molecule has 1 saturated heterocycles. The fourth-order valence-electron chi connectivity index (χ4n) is 1.74. The van der Waals surface area contributed by atoms with E-state index in [1.807, 2.05) is 6.92 Å². The molecule has 0 aromatic heterocycles. The van der Waals surface area contributed by atoms with Gasteiger partial charge >= 0.3 is 0 Å². The second-order valence-corrected chi connectivity index (χ2v) is 7.90. The van der Waals surface area contributed by atoms with Crippen LogP contribution in [0.4, 0.5) is 0 Å². The van der Waals surface area contributed by atoms with Gasteiger partial charge < -0.3 is 10.6 Å². The highest BCUT2D eigenvalue weighted by Crippen LogP contribution is 2.18. The first-order valence-corrected chi connectivity index (χ1v) is 7.76. The molecule has 1 heterocycles. The molecule has 1 amide bonds. The number of carbonyl (C=O) groups excluding carboxylic acids is 1. The van der Waals surface area contributed by atoms with Crippen LogP contribution >= 0.6 is 0 Å². The topological polar surface area (TPSA) is 75.3 Å². The van der Waals surface area contributed by atoms with Crippen molar-refractivity contribution in [2.75, 3.05) is 19.3 Å². The molecule has 0 aliphatic carbocycles. The van der Waals surface area contributed by atoms with Crippen molar-refractivity contribution in [2.24, 2.45) is 5.92 Å². The summed E-state index contributed by atoms with van der Waals surface area (Å²) in [4.78, 5) is 12.0. The molecule has 17 heavy (non-hydrogen) atoms. The maximum absolute atomic E-state index is 12.0. The van der Waals surface area contributed by atoms with Crippen LogP contribution in [0.1, 0.15) is 27.2 Å². The van der Waals surface area contributed by atoms with Crippen molar-refractivity contribution in [2.45, 2.75) is 38.0 Å². The lowest BCUT2D eigenvalue weighted by atomic mass is 9.95. The molecule has 1 aliphatic heterocycles. The minimum Gasteiger partial charge on any atom is -0.352 e. The maximum Gasteiger partial charge on any atom is 0.241 e. The zero-order chi connectivity index (χ0) is 13.3. The Labute approximate surface area is 103 Å². The summed E-state index contributed by atoms with van der Waals surface area (Å²) in [5, 5.41) is 6.09. The van der Waals surface area contributed by atoms with Gasteiger partial charge in [-0.25, -0.2) is 8.42 Å². The molecule has 0 saturated carbocycles. The summed E-state index contributed by atoms with van der Waals surface area (Å²) < 4.78 is 21.7. The molecule has 0 bridgehead atoms. The lowest BCUT2D eigenvalue weighted by Gasteiger charge is -2.33. The van der Waals surface area contributed by atoms with E-state index in [-0.39, 0.29) is 6.04 Å². The van der Waals surface area contributed by atoms with Gasteiger partial charge in [0.25, 0.3) is 0 Å². The first kappa shape index (κ1) is 14.4. The van der Waals surface area contributed by atoms with E-state index < -0.39 is 20.5 Å². The van der Waals surface area contributed by atoms with Crippen LogP contribution in [0.2, 0.25) is 0 Å². The number of nitrogens with one attached hydrogen (secondary N) is 2. The van der Waals surface area contributed by atoms with E-state index in [2.05, 4.69) is 10.6 Å². The molecule has 1 fully saturated rings. The molecule has 5 nitrogen and oxygen atoms in total. The first-order chi connectivity index (χ1) is 7.66. The van der Waals surface area contributed by atoms with Crippen LogP contribution < -0.4 is 10.6 Å². The fraction of sp³-hybridized carbons (Fsp3) is 0.909. The number of hydrogen-bond acceptors (Lipinski definition) is 4. The quantitative estimate of drug-likeness (QED) is 0.746. The summed E-state index contributed by atoms with van der Waals surface area (Å²) in [5.41, 5.74) is 0. The minimum atomic E-state index is -3.40. The lowest BCUT2D eigenvalue weighted by molar-refractivity contribution is -0.124. The van der Waals surface area contributed by atoms with Crippen molar-refractivity contribution in [3.8, 4) is 0 Å². The van der Waals surface area contributed by atoms with Gasteiger partial charge in [0, 0.05) is 12.3 Å². The van der Waals surface area contributed by atoms with Gasteiger partial charge in [-0.2, -0.15) is 0 Å². The van der Waals surface area contributed by atoms with E-state index in [4.69, 9.17) is 0 Å². The number of hydrogen-bond donors (Lipinski definition) is 2. The zero-order valence-corrected chi connectivity index (χ0v) is 11.7. The van der Waals surface area contributed by atoms with Crippen LogP contribution in [0.5, 0.6) is 0 Å². The molecule has 1 rings (SSSR count). The third kappa shape index (κ3) is 3.19. The molecule has 2 unspecified atom stereocenters. The summed E-state index contributed by atoms with van der Waals surface area (Å²) in [5.74, 6) is -0.0817. The Bertz CT molecular complexity index is 390. The minimum absolute atomic E-state index is 0.0600. The predicted octanol–water partition coefficient (Wildman–Crippen LogP) is -0.0762. The lowest BCUT2D eigenvalue weighted by Crippen LogP contribution is -2.55. The number of piperidine rings is 1. The molecular weight excluding hydrogens is 240 g/mol. The summed E-state index contributed by atoms with van der Waals surface area (Å²) in [6.45, 7) is 6.65. The first-order valence-electron chi connectivity index (χ1n) is 5.87. The van der Waals surface area contributed by atoms with Gasteiger partial charge in [-0.05, 0) is 39.3 Å². The average molecular weight is 262 g/mol. The predicted molar refractivity (Wildman–Crippen MR) is 67.5 cm³/mol. The Morgan fingerprint density at radius 2 is 2.00 bits per heavy atom. The largest absolute Gasteiger partial charge is 0.352 e. The summed E-state index contributed by atoms with van der Waals surface area (Å²) >= 11 is 0. The Morgan fingerprint density at radius 3 is 2.47 bits per heavy atom. The van der Waals surface area contributed by atoms with Crippen molar-refractivity contribution >= 4 is 15.7 Å². The van der Waals surface area contributed by atoms with Crippen LogP contribution in [-0.4, -0.2) is 44.5 Å². The number of sulfone groups is 1. The fourth-order valence-corrected chi connectivity index (χ4v) is 2.13.